The van der Waals surface area contributed by atoms with Crippen molar-refractivity contribution in [3.05, 3.63) is 57.6 Å². The Morgan fingerprint density at radius 3 is 1.44 bits per heavy atom. The fourth-order valence-electron chi connectivity index (χ4n) is 5.69. The van der Waals surface area contributed by atoms with Gasteiger partial charge in [-0.25, -0.2) is 0 Å². The lowest BCUT2D eigenvalue weighted by molar-refractivity contribution is 0.159. The molecule has 0 heterocycles. The van der Waals surface area contributed by atoms with Gasteiger partial charge in [0.05, 0.1) is 0 Å². The van der Waals surface area contributed by atoms with E-state index in [-0.39, 0.29) is 10.8 Å². The summed E-state index contributed by atoms with van der Waals surface area (Å²) in [4.78, 5) is 0. The predicted molar refractivity (Wildman–Crippen MR) is 127 cm³/mol. The molecule has 0 aliphatic heterocycles. The molecule has 0 radical (unpaired) electrons. The van der Waals surface area contributed by atoms with Gasteiger partial charge in [0, 0.05) is 0 Å². The molecule has 0 bridgehead atoms. The zero-order valence-corrected chi connectivity index (χ0v) is 20.4. The molecule has 4 heteroatoms. The van der Waals surface area contributed by atoms with E-state index in [0.717, 1.165) is 47.9 Å². The van der Waals surface area contributed by atoms with Gasteiger partial charge in [-0.15, -0.1) is 10.5 Å². The van der Waals surface area contributed by atoms with Gasteiger partial charge in [0.25, 0.3) is 12.5 Å². The van der Waals surface area contributed by atoms with E-state index < -0.39 is 0 Å². The minimum absolute atomic E-state index is 0.0903. The first-order valence-corrected chi connectivity index (χ1v) is 11.4. The summed E-state index contributed by atoms with van der Waals surface area (Å²) in [6.45, 7) is 15.1. The standard InChI is InChI=1S/C28H34N2O2/c1-18(2)28(24-14-21(5)26(32-17-30)22(6)15-24)10-8-27(7,9-11-28)23-12-19(3)25(31-16-29)20(4)13-23/h12-15,18H,8-11H2,1-7H3. The number of hydrogen-bond donors (Lipinski definition) is 0. The van der Waals surface area contributed by atoms with Crippen LogP contribution in [0.15, 0.2) is 24.3 Å². The molecule has 2 aromatic carbocycles. The molecule has 1 saturated carbocycles. The van der Waals surface area contributed by atoms with Crippen LogP contribution in [0.3, 0.4) is 0 Å². The van der Waals surface area contributed by atoms with Gasteiger partial charge in [0.1, 0.15) is 11.5 Å². The second kappa shape index (κ2) is 8.87. The van der Waals surface area contributed by atoms with Crippen LogP contribution in [0.2, 0.25) is 0 Å². The fourth-order valence-corrected chi connectivity index (χ4v) is 5.69. The normalized spacial score (nSPS) is 22.8. The van der Waals surface area contributed by atoms with E-state index in [1.54, 1.807) is 0 Å². The third kappa shape index (κ3) is 4.07. The molecule has 1 aliphatic rings. The van der Waals surface area contributed by atoms with E-state index in [1.807, 2.05) is 40.2 Å². The maximum absolute atomic E-state index is 8.98. The molecule has 0 unspecified atom stereocenters. The summed E-state index contributed by atoms with van der Waals surface area (Å²) < 4.78 is 10.4. The van der Waals surface area contributed by atoms with Crippen molar-refractivity contribution in [3.8, 4) is 24.0 Å². The SMILES string of the molecule is Cc1cc(C2(C)CCC(c3cc(C)c(OC#N)c(C)c3)(C(C)C)CC2)cc(C)c1OC#N. The van der Waals surface area contributed by atoms with Crippen LogP contribution >= 0.6 is 0 Å². The highest BCUT2D eigenvalue weighted by Gasteiger charge is 2.44. The second-order valence-corrected chi connectivity index (χ2v) is 10.1. The lowest BCUT2D eigenvalue weighted by atomic mass is 9.56. The van der Waals surface area contributed by atoms with Gasteiger partial charge in [-0.05, 0) is 104 Å². The van der Waals surface area contributed by atoms with Crippen LogP contribution in [0, 0.1) is 56.6 Å². The largest absolute Gasteiger partial charge is 0.387 e. The van der Waals surface area contributed by atoms with Gasteiger partial charge >= 0.3 is 0 Å². The third-order valence-electron chi connectivity index (χ3n) is 7.84. The van der Waals surface area contributed by atoms with E-state index in [2.05, 4.69) is 45.0 Å². The molecule has 0 atom stereocenters. The van der Waals surface area contributed by atoms with Crippen molar-refractivity contribution in [1.29, 1.82) is 10.5 Å². The van der Waals surface area contributed by atoms with Crippen LogP contribution in [0.5, 0.6) is 11.5 Å². The highest BCUT2D eigenvalue weighted by atomic mass is 16.5. The molecule has 4 nitrogen and oxygen atoms in total. The number of benzene rings is 2. The van der Waals surface area contributed by atoms with Gasteiger partial charge in [0.15, 0.2) is 0 Å². The molecule has 0 spiro atoms. The number of nitriles is 2. The first-order valence-electron chi connectivity index (χ1n) is 11.4. The number of rotatable bonds is 5. The highest BCUT2D eigenvalue weighted by Crippen LogP contribution is 2.52. The zero-order valence-electron chi connectivity index (χ0n) is 20.4. The summed E-state index contributed by atoms with van der Waals surface area (Å²) >= 11 is 0. The lowest BCUT2D eigenvalue weighted by Crippen LogP contribution is -2.41. The minimum atomic E-state index is 0.0903. The molecular weight excluding hydrogens is 396 g/mol. The molecular formula is C28H34N2O2. The fraction of sp³-hybridized carbons (Fsp3) is 0.500. The highest BCUT2D eigenvalue weighted by molar-refractivity contribution is 5.48. The van der Waals surface area contributed by atoms with E-state index in [9.17, 15) is 0 Å². The molecule has 2 aromatic rings. The second-order valence-electron chi connectivity index (χ2n) is 10.1. The van der Waals surface area contributed by atoms with Gasteiger partial charge in [-0.2, -0.15) is 0 Å². The quantitative estimate of drug-likeness (QED) is 0.476. The van der Waals surface area contributed by atoms with Crippen LogP contribution in [0.25, 0.3) is 0 Å². The summed E-state index contributed by atoms with van der Waals surface area (Å²) in [6.07, 6.45) is 8.03. The van der Waals surface area contributed by atoms with Gasteiger partial charge in [-0.3, -0.25) is 0 Å². The van der Waals surface area contributed by atoms with Crippen LogP contribution in [0.1, 0.15) is 79.8 Å². The van der Waals surface area contributed by atoms with Crippen LogP contribution in [0.4, 0.5) is 0 Å². The van der Waals surface area contributed by atoms with Crippen molar-refractivity contribution >= 4 is 0 Å². The number of ether oxygens (including phenoxy) is 2. The van der Waals surface area contributed by atoms with Crippen molar-refractivity contribution in [3.63, 3.8) is 0 Å². The van der Waals surface area contributed by atoms with Crippen molar-refractivity contribution in [2.24, 2.45) is 5.92 Å². The third-order valence-corrected chi connectivity index (χ3v) is 7.84. The Morgan fingerprint density at radius 1 is 0.719 bits per heavy atom. The Balaban J connectivity index is 1.95. The first-order chi connectivity index (χ1) is 15.1. The average molecular weight is 431 g/mol. The molecule has 0 N–H and O–H groups in total. The van der Waals surface area contributed by atoms with E-state index >= 15 is 0 Å². The molecule has 168 valence electrons. The Morgan fingerprint density at radius 2 is 1.09 bits per heavy atom. The topological polar surface area (TPSA) is 66.0 Å². The van der Waals surface area contributed by atoms with Crippen LogP contribution in [-0.4, -0.2) is 0 Å². The van der Waals surface area contributed by atoms with Crippen molar-refractivity contribution < 1.29 is 9.47 Å². The predicted octanol–water partition coefficient (Wildman–Crippen LogP) is 7.07. The maximum Gasteiger partial charge on any atom is 0.292 e. The Labute approximate surface area is 192 Å². The summed E-state index contributed by atoms with van der Waals surface area (Å²) in [5, 5.41) is 17.9. The van der Waals surface area contributed by atoms with Crippen LogP contribution < -0.4 is 9.47 Å². The van der Waals surface area contributed by atoms with Crippen molar-refractivity contribution in [2.75, 3.05) is 0 Å². The van der Waals surface area contributed by atoms with E-state index in [0.29, 0.717) is 17.4 Å². The summed E-state index contributed by atoms with van der Waals surface area (Å²) in [6, 6.07) is 8.85. The van der Waals surface area contributed by atoms with Gasteiger partial charge < -0.3 is 9.47 Å². The minimum Gasteiger partial charge on any atom is -0.387 e. The molecule has 3 rings (SSSR count). The average Bonchev–Trinajstić information content (AvgIpc) is 2.73. The molecule has 0 amide bonds. The smallest absolute Gasteiger partial charge is 0.292 e. The Kier molecular flexibility index (Phi) is 6.56. The monoisotopic (exact) mass is 430 g/mol. The molecule has 0 aromatic heterocycles. The van der Waals surface area contributed by atoms with Crippen molar-refractivity contribution in [2.45, 2.75) is 85.0 Å². The Hall–Kier alpha value is -2.98. The summed E-state index contributed by atoms with van der Waals surface area (Å²) in [5.41, 5.74) is 6.97. The summed E-state index contributed by atoms with van der Waals surface area (Å²) in [7, 11) is 0. The molecule has 1 fully saturated rings. The van der Waals surface area contributed by atoms with Crippen molar-refractivity contribution in [1.82, 2.24) is 0 Å². The molecule has 1 aliphatic carbocycles. The lowest BCUT2D eigenvalue weighted by Gasteiger charge is -2.48. The number of aryl methyl sites for hydroxylation is 4. The number of hydrogen-bond acceptors (Lipinski definition) is 4. The first kappa shape index (κ1) is 23.7. The van der Waals surface area contributed by atoms with E-state index in [4.69, 9.17) is 20.0 Å². The molecule has 0 saturated heterocycles. The maximum atomic E-state index is 8.98. The molecule has 32 heavy (non-hydrogen) atoms. The Bertz CT molecular complexity index is 1050. The van der Waals surface area contributed by atoms with Gasteiger partial charge in [0.2, 0.25) is 0 Å². The zero-order chi connectivity index (χ0) is 23.7. The van der Waals surface area contributed by atoms with Gasteiger partial charge in [-0.1, -0.05) is 45.0 Å². The number of nitrogens with zero attached hydrogens (tertiary/aromatic N) is 2. The van der Waals surface area contributed by atoms with E-state index in [1.165, 1.54) is 11.1 Å². The van der Waals surface area contributed by atoms with Crippen LogP contribution in [-0.2, 0) is 10.8 Å². The summed E-state index contributed by atoms with van der Waals surface area (Å²) in [5.74, 6) is 1.86.